The minimum atomic E-state index is -0.493. The molecule has 124 valence electrons. The molecule has 1 aromatic carbocycles. The normalized spacial score (nSPS) is 17.1. The van der Waals surface area contributed by atoms with Crippen LogP contribution < -0.4 is 5.73 Å². The van der Waals surface area contributed by atoms with Crippen LogP contribution in [0.3, 0.4) is 0 Å². The summed E-state index contributed by atoms with van der Waals surface area (Å²) >= 11 is 1.59. The van der Waals surface area contributed by atoms with Crippen molar-refractivity contribution in [2.75, 3.05) is 18.7 Å². The largest absolute Gasteiger partial charge is 0.366 e. The summed E-state index contributed by atoms with van der Waals surface area (Å²) in [6.07, 6.45) is 0.398. The molecule has 7 heteroatoms. The van der Waals surface area contributed by atoms with Crippen LogP contribution in [0.5, 0.6) is 0 Å². The lowest BCUT2D eigenvalue weighted by Crippen LogP contribution is -2.47. The fraction of sp³-hybridized carbons (Fsp3) is 0.438. The third-order valence-corrected chi connectivity index (χ3v) is 4.81. The third-order valence-electron chi connectivity index (χ3n) is 3.80. The summed E-state index contributed by atoms with van der Waals surface area (Å²) in [5, 5.41) is 0. The van der Waals surface area contributed by atoms with Gasteiger partial charge in [0.05, 0.1) is 5.88 Å². The molecule has 1 aliphatic rings. The molecular weight excluding hydrogens is 314 g/mol. The molecule has 1 saturated heterocycles. The minimum Gasteiger partial charge on any atom is -0.366 e. The number of primary amides is 1. The Labute approximate surface area is 140 Å². The van der Waals surface area contributed by atoms with Gasteiger partial charge in [-0.05, 0) is 17.7 Å². The van der Waals surface area contributed by atoms with Gasteiger partial charge in [-0.1, -0.05) is 19.1 Å². The average molecular weight is 335 g/mol. The number of amides is 3. The number of hydrogen-bond acceptors (Lipinski definition) is 4. The zero-order valence-electron chi connectivity index (χ0n) is 13.3. The Morgan fingerprint density at radius 1 is 1.39 bits per heavy atom. The maximum atomic E-state index is 12.6. The second kappa shape index (κ2) is 7.50. The quantitative estimate of drug-likeness (QED) is 0.872. The zero-order chi connectivity index (χ0) is 17.0. The first-order valence-electron chi connectivity index (χ1n) is 7.45. The molecule has 0 spiro atoms. The van der Waals surface area contributed by atoms with Crippen molar-refractivity contribution in [2.24, 2.45) is 5.73 Å². The molecular formula is C16H21N3O3S. The predicted octanol–water partition coefficient (Wildman–Crippen LogP) is 1.06. The SMILES string of the molecule is CCC(=O)N1CSC[C@H]1C(=O)N(C)Cc1cccc(C(N)=O)c1. The maximum Gasteiger partial charge on any atom is 0.248 e. The number of likely N-dealkylation sites (N-methyl/N-ethyl adjacent to an activating group) is 1. The molecule has 0 unspecified atom stereocenters. The number of benzene rings is 1. The predicted molar refractivity (Wildman–Crippen MR) is 89.7 cm³/mol. The van der Waals surface area contributed by atoms with Gasteiger partial charge in [-0.3, -0.25) is 14.4 Å². The first-order chi connectivity index (χ1) is 10.9. The fourth-order valence-electron chi connectivity index (χ4n) is 2.53. The summed E-state index contributed by atoms with van der Waals surface area (Å²) in [5.41, 5.74) is 6.52. The molecule has 6 nitrogen and oxygen atoms in total. The lowest BCUT2D eigenvalue weighted by molar-refractivity contribution is -0.142. The molecule has 0 aromatic heterocycles. The number of hydrogen-bond donors (Lipinski definition) is 1. The van der Waals surface area contributed by atoms with E-state index >= 15 is 0 Å². The van der Waals surface area contributed by atoms with Crippen LogP contribution in [-0.2, 0) is 16.1 Å². The highest BCUT2D eigenvalue weighted by molar-refractivity contribution is 7.99. The summed E-state index contributed by atoms with van der Waals surface area (Å²) in [5.74, 6) is 0.608. The average Bonchev–Trinajstić information content (AvgIpc) is 3.03. The Balaban J connectivity index is 2.06. The minimum absolute atomic E-state index is 0.00234. The number of carbonyl (C=O) groups excluding carboxylic acids is 3. The second-order valence-electron chi connectivity index (χ2n) is 5.49. The van der Waals surface area contributed by atoms with Gasteiger partial charge < -0.3 is 15.5 Å². The van der Waals surface area contributed by atoms with E-state index < -0.39 is 11.9 Å². The number of carbonyl (C=O) groups is 3. The molecule has 1 aliphatic heterocycles. The lowest BCUT2D eigenvalue weighted by atomic mass is 10.1. The Bertz CT molecular complexity index is 620. The van der Waals surface area contributed by atoms with Crippen LogP contribution in [0, 0.1) is 0 Å². The van der Waals surface area contributed by atoms with E-state index in [4.69, 9.17) is 5.73 Å². The topological polar surface area (TPSA) is 83.7 Å². The standard InChI is InChI=1S/C16H21N3O3S/c1-3-14(20)19-10-23-9-13(19)16(22)18(2)8-11-5-4-6-12(7-11)15(17)21/h4-7,13H,3,8-10H2,1-2H3,(H2,17,21)/t13-/m0/s1. The third kappa shape index (κ3) is 4.04. The number of nitrogens with zero attached hydrogens (tertiary/aromatic N) is 2. The second-order valence-corrected chi connectivity index (χ2v) is 6.49. The summed E-state index contributed by atoms with van der Waals surface area (Å²) in [6.45, 7) is 2.17. The van der Waals surface area contributed by atoms with Gasteiger partial charge >= 0.3 is 0 Å². The molecule has 1 atom stereocenters. The smallest absolute Gasteiger partial charge is 0.248 e. The van der Waals surface area contributed by atoms with Gasteiger partial charge in [-0.2, -0.15) is 0 Å². The van der Waals surface area contributed by atoms with Crippen molar-refractivity contribution in [1.29, 1.82) is 0 Å². The molecule has 23 heavy (non-hydrogen) atoms. The zero-order valence-corrected chi connectivity index (χ0v) is 14.1. The van der Waals surface area contributed by atoms with E-state index in [0.29, 0.717) is 30.2 Å². The number of rotatable bonds is 5. The monoisotopic (exact) mass is 335 g/mol. The molecule has 2 rings (SSSR count). The number of nitrogens with two attached hydrogens (primary N) is 1. The Morgan fingerprint density at radius 2 is 2.13 bits per heavy atom. The van der Waals surface area contributed by atoms with E-state index in [9.17, 15) is 14.4 Å². The Kier molecular flexibility index (Phi) is 5.65. The van der Waals surface area contributed by atoms with E-state index in [0.717, 1.165) is 5.56 Å². The van der Waals surface area contributed by atoms with Gasteiger partial charge in [0.15, 0.2) is 0 Å². The summed E-state index contributed by atoms with van der Waals surface area (Å²) in [7, 11) is 1.71. The van der Waals surface area contributed by atoms with Gasteiger partial charge in [0.25, 0.3) is 0 Å². The van der Waals surface area contributed by atoms with Crippen LogP contribution in [0.15, 0.2) is 24.3 Å². The number of thioether (sulfide) groups is 1. The summed E-state index contributed by atoms with van der Waals surface area (Å²) in [4.78, 5) is 39.0. The molecule has 0 aliphatic carbocycles. The van der Waals surface area contributed by atoms with Gasteiger partial charge in [0.2, 0.25) is 17.7 Å². The van der Waals surface area contributed by atoms with Crippen LogP contribution in [0.1, 0.15) is 29.3 Å². The van der Waals surface area contributed by atoms with Crippen molar-refractivity contribution < 1.29 is 14.4 Å². The highest BCUT2D eigenvalue weighted by atomic mass is 32.2. The van der Waals surface area contributed by atoms with Gasteiger partial charge in [0, 0.05) is 31.3 Å². The molecule has 1 fully saturated rings. The Hall–Kier alpha value is -2.02. The lowest BCUT2D eigenvalue weighted by Gasteiger charge is -2.27. The van der Waals surface area contributed by atoms with Crippen molar-refractivity contribution in [3.63, 3.8) is 0 Å². The van der Waals surface area contributed by atoms with Crippen molar-refractivity contribution in [3.8, 4) is 0 Å². The molecule has 1 heterocycles. The van der Waals surface area contributed by atoms with E-state index in [1.807, 2.05) is 6.07 Å². The van der Waals surface area contributed by atoms with E-state index in [1.54, 1.807) is 53.7 Å². The molecule has 1 aromatic rings. The Morgan fingerprint density at radius 3 is 2.78 bits per heavy atom. The van der Waals surface area contributed by atoms with Crippen LogP contribution in [0.2, 0.25) is 0 Å². The molecule has 2 N–H and O–H groups in total. The fourth-order valence-corrected chi connectivity index (χ4v) is 3.70. The van der Waals surface area contributed by atoms with Crippen LogP contribution >= 0.6 is 11.8 Å². The van der Waals surface area contributed by atoms with Crippen molar-refractivity contribution in [3.05, 3.63) is 35.4 Å². The molecule has 3 amide bonds. The van der Waals surface area contributed by atoms with Gasteiger partial charge in [0.1, 0.15) is 6.04 Å². The van der Waals surface area contributed by atoms with Gasteiger partial charge in [-0.25, -0.2) is 0 Å². The van der Waals surface area contributed by atoms with Crippen molar-refractivity contribution in [2.45, 2.75) is 25.9 Å². The summed E-state index contributed by atoms with van der Waals surface area (Å²) < 4.78 is 0. The van der Waals surface area contributed by atoms with Crippen LogP contribution in [0.4, 0.5) is 0 Å². The molecule has 0 radical (unpaired) electrons. The van der Waals surface area contributed by atoms with E-state index in [-0.39, 0.29) is 11.8 Å². The van der Waals surface area contributed by atoms with E-state index in [2.05, 4.69) is 0 Å². The molecule has 0 saturated carbocycles. The van der Waals surface area contributed by atoms with Crippen LogP contribution in [-0.4, -0.2) is 52.2 Å². The van der Waals surface area contributed by atoms with Gasteiger partial charge in [-0.15, -0.1) is 11.8 Å². The molecule has 0 bridgehead atoms. The van der Waals surface area contributed by atoms with E-state index in [1.165, 1.54) is 0 Å². The first-order valence-corrected chi connectivity index (χ1v) is 8.60. The van der Waals surface area contributed by atoms with Crippen molar-refractivity contribution in [1.82, 2.24) is 9.80 Å². The van der Waals surface area contributed by atoms with Crippen molar-refractivity contribution >= 4 is 29.5 Å². The van der Waals surface area contributed by atoms with Crippen LogP contribution in [0.25, 0.3) is 0 Å². The first kappa shape index (κ1) is 17.3. The summed E-state index contributed by atoms with van der Waals surface area (Å²) in [6, 6.07) is 6.50. The maximum absolute atomic E-state index is 12.6. The highest BCUT2D eigenvalue weighted by Gasteiger charge is 2.35. The highest BCUT2D eigenvalue weighted by Crippen LogP contribution is 2.23.